The summed E-state index contributed by atoms with van der Waals surface area (Å²) < 4.78 is 1.88. The zero-order chi connectivity index (χ0) is 21.1. The van der Waals surface area contributed by atoms with E-state index < -0.39 is 5.97 Å². The number of H-pyrrole nitrogens is 2. The summed E-state index contributed by atoms with van der Waals surface area (Å²) in [6.07, 6.45) is 6.06. The van der Waals surface area contributed by atoms with E-state index in [1.807, 2.05) is 5.43 Å². The highest BCUT2D eigenvalue weighted by Gasteiger charge is 2.04. The molecule has 0 amide bonds. The van der Waals surface area contributed by atoms with Crippen molar-refractivity contribution in [3.05, 3.63) is 44.3 Å². The van der Waals surface area contributed by atoms with E-state index in [2.05, 4.69) is 85.0 Å². The maximum Gasteiger partial charge on any atom is 0.373 e. The average Bonchev–Trinajstić information content (AvgIpc) is 3.10. The molecule has 0 atom stereocenters. The van der Waals surface area contributed by atoms with Crippen LogP contribution in [0.4, 0.5) is 0 Å². The SMILES string of the molecule is NNC(N)=S.O=C(O)c1ncc(Br)cn1.S=c1nc(-c2ncc(Br)cn2)[nH][nH]1. The lowest BCUT2D eigenvalue weighted by Crippen LogP contribution is -2.34. The molecule has 0 fully saturated rings. The third-order valence-corrected chi connectivity index (χ3v) is 3.42. The number of rotatable bonds is 2. The number of nitrogens with two attached hydrogens (primary N) is 2. The highest BCUT2D eigenvalue weighted by molar-refractivity contribution is 9.10. The van der Waals surface area contributed by atoms with Crippen molar-refractivity contribution in [2.45, 2.75) is 0 Å². The van der Waals surface area contributed by atoms with E-state index >= 15 is 0 Å². The Bertz CT molecular complexity index is 962. The van der Waals surface area contributed by atoms with Crippen LogP contribution < -0.4 is 17.0 Å². The standard InChI is InChI=1S/C6H4BrN5S.C5H3BrN2O2.CH5N3S/c7-3-1-8-4(9-2-3)5-10-6(13)12-11-5;6-3-1-7-4(5(9)10)8-2-3;2-1(5)4-3/h1-2H,(H2,10,11,12,13);1-2H,(H,9,10);3H2,(H3,2,4,5). The fourth-order valence-corrected chi connectivity index (χ4v) is 1.79. The van der Waals surface area contributed by atoms with Gasteiger partial charge in [-0.15, -0.1) is 0 Å². The number of aromatic nitrogens is 7. The average molecular weight is 552 g/mol. The van der Waals surface area contributed by atoms with Crippen LogP contribution in [-0.4, -0.2) is 51.3 Å². The molecule has 0 aliphatic carbocycles. The lowest BCUT2D eigenvalue weighted by Gasteiger charge is -1.92. The van der Waals surface area contributed by atoms with Gasteiger partial charge in [0.2, 0.25) is 10.6 Å². The van der Waals surface area contributed by atoms with Crippen molar-refractivity contribution in [1.29, 1.82) is 0 Å². The topological polar surface area (TPSA) is 197 Å². The number of hydrogen-bond donors (Lipinski definition) is 6. The summed E-state index contributed by atoms with van der Waals surface area (Å²) in [5.74, 6) is 4.39. The maximum atomic E-state index is 10.2. The van der Waals surface area contributed by atoms with Crippen molar-refractivity contribution in [2.75, 3.05) is 0 Å². The summed E-state index contributed by atoms with van der Waals surface area (Å²) in [5, 5.41) is 13.9. The highest BCUT2D eigenvalue weighted by atomic mass is 79.9. The number of carboxylic acids is 1. The molecule has 148 valence electrons. The Morgan fingerprint density at radius 3 is 1.89 bits per heavy atom. The Hall–Kier alpha value is -2.40. The van der Waals surface area contributed by atoms with Gasteiger partial charge >= 0.3 is 5.97 Å². The van der Waals surface area contributed by atoms with Crippen LogP contribution in [0.15, 0.2) is 33.7 Å². The molecule has 28 heavy (non-hydrogen) atoms. The molecule has 0 bridgehead atoms. The van der Waals surface area contributed by atoms with Gasteiger partial charge in [-0.2, -0.15) is 4.98 Å². The second-order valence-electron chi connectivity index (χ2n) is 4.28. The number of carbonyl (C=O) groups is 1. The van der Waals surface area contributed by atoms with Crippen LogP contribution in [0.5, 0.6) is 0 Å². The molecule has 8 N–H and O–H groups in total. The molecular formula is C12H12Br2N10O2S2. The van der Waals surface area contributed by atoms with Gasteiger partial charge in [-0.3, -0.25) is 10.2 Å². The molecule has 0 spiro atoms. The molecule has 12 nitrogen and oxygen atoms in total. The lowest BCUT2D eigenvalue weighted by molar-refractivity contribution is 0.0683. The summed E-state index contributed by atoms with van der Waals surface area (Å²) in [7, 11) is 0. The third kappa shape index (κ3) is 9.00. The van der Waals surface area contributed by atoms with Crippen molar-refractivity contribution in [3.8, 4) is 11.6 Å². The number of hydrogen-bond acceptors (Lipinski definition) is 9. The first-order chi connectivity index (χ1) is 13.2. The van der Waals surface area contributed by atoms with Crippen LogP contribution in [-0.2, 0) is 0 Å². The van der Waals surface area contributed by atoms with Gasteiger partial charge in [0.05, 0.1) is 8.95 Å². The highest BCUT2D eigenvalue weighted by Crippen LogP contribution is 2.10. The summed E-state index contributed by atoms with van der Waals surface area (Å²) in [5.41, 5.74) is 6.82. The van der Waals surface area contributed by atoms with Crippen molar-refractivity contribution >= 4 is 67.4 Å². The van der Waals surface area contributed by atoms with Crippen LogP contribution in [0.1, 0.15) is 10.6 Å². The third-order valence-electron chi connectivity index (χ3n) is 2.29. The number of carboxylic acid groups (broad SMARTS) is 1. The molecule has 3 aromatic heterocycles. The van der Waals surface area contributed by atoms with Gasteiger partial charge < -0.3 is 16.3 Å². The minimum atomic E-state index is -1.12. The van der Waals surface area contributed by atoms with Crippen LogP contribution in [0.2, 0.25) is 0 Å². The molecule has 0 aliphatic heterocycles. The van der Waals surface area contributed by atoms with Crippen LogP contribution in [0.25, 0.3) is 11.6 Å². The maximum absolute atomic E-state index is 10.2. The molecule has 3 aromatic rings. The van der Waals surface area contributed by atoms with Gasteiger partial charge in [-0.05, 0) is 56.3 Å². The monoisotopic (exact) mass is 550 g/mol. The Balaban J connectivity index is 0.000000233. The van der Waals surface area contributed by atoms with Crippen molar-refractivity contribution in [3.63, 3.8) is 0 Å². The first kappa shape index (κ1) is 23.6. The van der Waals surface area contributed by atoms with E-state index in [9.17, 15) is 4.79 Å². The lowest BCUT2D eigenvalue weighted by atomic mass is 10.5. The number of nitrogens with one attached hydrogen (secondary N) is 3. The van der Waals surface area contributed by atoms with E-state index in [4.69, 9.17) is 23.1 Å². The van der Waals surface area contributed by atoms with Crippen molar-refractivity contribution < 1.29 is 9.90 Å². The summed E-state index contributed by atoms with van der Waals surface area (Å²) >= 11 is 15.4. The number of halogens is 2. The molecular weight excluding hydrogens is 540 g/mol. The Labute approximate surface area is 184 Å². The number of aromatic amines is 2. The van der Waals surface area contributed by atoms with E-state index in [0.717, 1.165) is 4.47 Å². The summed E-state index contributed by atoms with van der Waals surface area (Å²) in [6, 6.07) is 0. The van der Waals surface area contributed by atoms with E-state index in [1.165, 1.54) is 12.4 Å². The zero-order valence-electron chi connectivity index (χ0n) is 13.6. The first-order valence-corrected chi connectivity index (χ1v) is 9.22. The summed E-state index contributed by atoms with van der Waals surface area (Å²) in [6.45, 7) is 0. The fourth-order valence-electron chi connectivity index (χ4n) is 1.23. The Morgan fingerprint density at radius 1 is 1.07 bits per heavy atom. The van der Waals surface area contributed by atoms with E-state index in [1.54, 1.807) is 12.4 Å². The molecule has 3 rings (SSSR count). The summed E-state index contributed by atoms with van der Waals surface area (Å²) in [4.78, 5) is 29.3. The Morgan fingerprint density at radius 2 is 1.54 bits per heavy atom. The minimum absolute atomic E-state index is 0.116. The molecule has 0 saturated heterocycles. The largest absolute Gasteiger partial charge is 0.475 e. The van der Waals surface area contributed by atoms with Crippen LogP contribution >= 0.6 is 56.3 Å². The molecule has 16 heteroatoms. The van der Waals surface area contributed by atoms with E-state index in [-0.39, 0.29) is 10.9 Å². The predicted octanol–water partition coefficient (Wildman–Crippen LogP) is 1.32. The second-order valence-corrected chi connectivity index (χ2v) is 6.94. The number of hydrazine groups is 1. The van der Waals surface area contributed by atoms with Gasteiger partial charge in [0.25, 0.3) is 0 Å². The Kier molecular flexibility index (Phi) is 10.2. The van der Waals surface area contributed by atoms with Gasteiger partial charge in [0.1, 0.15) is 0 Å². The fraction of sp³-hybridized carbons (Fsp3) is 0. The number of aromatic carboxylic acids is 1. The minimum Gasteiger partial charge on any atom is -0.475 e. The van der Waals surface area contributed by atoms with Gasteiger partial charge in [-0.25, -0.2) is 30.6 Å². The van der Waals surface area contributed by atoms with Crippen molar-refractivity contribution in [1.82, 2.24) is 40.5 Å². The smallest absolute Gasteiger partial charge is 0.373 e. The van der Waals surface area contributed by atoms with Crippen LogP contribution in [0.3, 0.4) is 0 Å². The molecule has 0 unspecified atom stereocenters. The zero-order valence-corrected chi connectivity index (χ0v) is 18.4. The quantitative estimate of drug-likeness (QED) is 0.152. The van der Waals surface area contributed by atoms with Crippen molar-refractivity contribution in [2.24, 2.45) is 11.6 Å². The first-order valence-electron chi connectivity index (χ1n) is 6.82. The van der Waals surface area contributed by atoms with E-state index in [0.29, 0.717) is 20.9 Å². The number of thiocarbonyl (C=S) groups is 1. The van der Waals surface area contributed by atoms with Gasteiger partial charge in [0.15, 0.2) is 16.8 Å². The van der Waals surface area contributed by atoms with Gasteiger partial charge in [-0.1, -0.05) is 0 Å². The van der Waals surface area contributed by atoms with Gasteiger partial charge in [0, 0.05) is 24.8 Å². The molecule has 0 saturated carbocycles. The second kappa shape index (κ2) is 12.1. The molecule has 0 aliphatic rings. The normalized spacial score (nSPS) is 9.25. The number of nitrogens with zero attached hydrogens (tertiary/aromatic N) is 5. The predicted molar refractivity (Wildman–Crippen MR) is 113 cm³/mol. The molecule has 0 radical (unpaired) electrons. The molecule has 3 heterocycles. The van der Waals surface area contributed by atoms with Crippen LogP contribution in [0, 0.1) is 4.77 Å². The molecule has 0 aromatic carbocycles.